The highest BCUT2D eigenvalue weighted by atomic mass is 19.4. The number of alkyl halides is 3. The number of nitro groups is 1. The van der Waals surface area contributed by atoms with Crippen molar-refractivity contribution in [3.05, 3.63) is 33.4 Å². The summed E-state index contributed by atoms with van der Waals surface area (Å²) in [6, 6.07) is 1.94. The molecule has 20 heavy (non-hydrogen) atoms. The van der Waals surface area contributed by atoms with Gasteiger partial charge in [-0.2, -0.15) is 13.2 Å². The maximum Gasteiger partial charge on any atom is 0.390 e. The van der Waals surface area contributed by atoms with Gasteiger partial charge in [-0.15, -0.1) is 0 Å². The van der Waals surface area contributed by atoms with Gasteiger partial charge in [-0.1, -0.05) is 0 Å². The van der Waals surface area contributed by atoms with Crippen molar-refractivity contribution in [2.24, 2.45) is 0 Å². The molecule has 110 valence electrons. The van der Waals surface area contributed by atoms with E-state index in [2.05, 4.69) is 5.32 Å². The van der Waals surface area contributed by atoms with Crippen molar-refractivity contribution in [2.45, 2.75) is 19.5 Å². The van der Waals surface area contributed by atoms with Crippen molar-refractivity contribution in [1.29, 1.82) is 0 Å². The van der Waals surface area contributed by atoms with Gasteiger partial charge in [-0.3, -0.25) is 10.1 Å². The normalized spacial score (nSPS) is 11.2. The van der Waals surface area contributed by atoms with Gasteiger partial charge in [0.05, 0.1) is 16.9 Å². The van der Waals surface area contributed by atoms with Gasteiger partial charge in [0.2, 0.25) is 0 Å². The number of hydrogen-bond donors (Lipinski definition) is 2. The molecule has 0 aliphatic carbocycles. The number of carboxylic acids is 1. The van der Waals surface area contributed by atoms with Crippen molar-refractivity contribution in [1.82, 2.24) is 0 Å². The molecule has 6 nitrogen and oxygen atoms in total. The van der Waals surface area contributed by atoms with Crippen LogP contribution in [-0.4, -0.2) is 28.7 Å². The average Bonchev–Trinajstić information content (AvgIpc) is 2.28. The van der Waals surface area contributed by atoms with Gasteiger partial charge in [0.1, 0.15) is 0 Å². The number of nitrogens with zero attached hydrogens (tertiary/aromatic N) is 1. The number of hydrogen-bond acceptors (Lipinski definition) is 4. The summed E-state index contributed by atoms with van der Waals surface area (Å²) in [5, 5.41) is 22.0. The molecule has 2 N–H and O–H groups in total. The Hall–Kier alpha value is -2.32. The van der Waals surface area contributed by atoms with Crippen molar-refractivity contribution in [3.63, 3.8) is 0 Å². The highest BCUT2D eigenvalue weighted by Gasteiger charge is 2.26. The molecule has 0 atom stereocenters. The summed E-state index contributed by atoms with van der Waals surface area (Å²) < 4.78 is 36.1. The highest BCUT2D eigenvalue weighted by Crippen LogP contribution is 2.28. The first-order valence-electron chi connectivity index (χ1n) is 5.45. The molecule has 1 aromatic carbocycles. The smallest absolute Gasteiger partial charge is 0.390 e. The lowest BCUT2D eigenvalue weighted by Gasteiger charge is -2.12. The largest absolute Gasteiger partial charge is 0.478 e. The van der Waals surface area contributed by atoms with Crippen molar-refractivity contribution < 1.29 is 28.0 Å². The summed E-state index contributed by atoms with van der Waals surface area (Å²) in [5.41, 5.74) is -0.737. The van der Waals surface area contributed by atoms with Crippen LogP contribution in [0.25, 0.3) is 0 Å². The number of anilines is 1. The third kappa shape index (κ3) is 4.11. The fourth-order valence-corrected chi connectivity index (χ4v) is 1.53. The lowest BCUT2D eigenvalue weighted by atomic mass is 10.1. The lowest BCUT2D eigenvalue weighted by Crippen LogP contribution is -2.15. The molecule has 0 spiro atoms. The summed E-state index contributed by atoms with van der Waals surface area (Å²) >= 11 is 0. The predicted octanol–water partition coefficient (Wildman–Crippen LogP) is 2.97. The Balaban J connectivity index is 3.05. The van der Waals surface area contributed by atoms with Crippen LogP contribution in [0.4, 0.5) is 24.5 Å². The number of rotatable bonds is 5. The van der Waals surface area contributed by atoms with Crippen molar-refractivity contribution in [3.8, 4) is 0 Å². The first-order chi connectivity index (χ1) is 9.11. The third-order valence-electron chi connectivity index (χ3n) is 2.55. The molecule has 0 heterocycles. The van der Waals surface area contributed by atoms with Gasteiger partial charge in [-0.05, 0) is 13.0 Å². The summed E-state index contributed by atoms with van der Waals surface area (Å²) in [6.07, 6.45) is -5.49. The molecule has 0 fully saturated rings. The Bertz CT molecular complexity index is 543. The molecular formula is C11H11F3N2O4. The van der Waals surface area contributed by atoms with E-state index in [-0.39, 0.29) is 16.8 Å². The number of carbonyl (C=O) groups is 1. The molecule has 0 aliphatic heterocycles. The lowest BCUT2D eigenvalue weighted by molar-refractivity contribution is -0.385. The Morgan fingerprint density at radius 3 is 2.50 bits per heavy atom. The van der Waals surface area contributed by atoms with Gasteiger partial charge in [0, 0.05) is 23.9 Å². The topological polar surface area (TPSA) is 92.5 Å². The molecule has 0 radical (unpaired) electrons. The second kappa shape index (κ2) is 5.76. The molecule has 0 aromatic heterocycles. The van der Waals surface area contributed by atoms with E-state index in [1.54, 1.807) is 0 Å². The molecule has 0 amide bonds. The average molecular weight is 292 g/mol. The van der Waals surface area contributed by atoms with E-state index in [1.807, 2.05) is 0 Å². The molecule has 0 unspecified atom stereocenters. The van der Waals surface area contributed by atoms with Crippen molar-refractivity contribution in [2.75, 3.05) is 11.9 Å². The van der Waals surface area contributed by atoms with Crippen molar-refractivity contribution >= 4 is 17.3 Å². The van der Waals surface area contributed by atoms with E-state index in [1.165, 1.54) is 6.92 Å². The Morgan fingerprint density at radius 1 is 1.45 bits per heavy atom. The van der Waals surface area contributed by atoms with Gasteiger partial charge < -0.3 is 10.4 Å². The predicted molar refractivity (Wildman–Crippen MR) is 64.0 cm³/mol. The van der Waals surface area contributed by atoms with E-state index in [0.29, 0.717) is 0 Å². The summed E-state index contributed by atoms with van der Waals surface area (Å²) in [7, 11) is 0. The number of aromatic carboxylic acids is 1. The number of nitro benzene ring substituents is 1. The minimum absolute atomic E-state index is 0.000787. The minimum Gasteiger partial charge on any atom is -0.478 e. The van der Waals surface area contributed by atoms with E-state index < -0.39 is 35.7 Å². The van der Waals surface area contributed by atoms with Crippen LogP contribution >= 0.6 is 0 Å². The van der Waals surface area contributed by atoms with Crippen LogP contribution in [-0.2, 0) is 0 Å². The van der Waals surface area contributed by atoms with Crippen LogP contribution in [0.15, 0.2) is 12.1 Å². The monoisotopic (exact) mass is 292 g/mol. The molecule has 0 bridgehead atoms. The van der Waals surface area contributed by atoms with Crippen LogP contribution in [0.2, 0.25) is 0 Å². The fraction of sp³-hybridized carbons (Fsp3) is 0.364. The van der Waals surface area contributed by atoms with Crippen LogP contribution < -0.4 is 5.32 Å². The SMILES string of the molecule is Cc1c(NCCC(F)(F)F)cc(C(=O)O)cc1[N+](=O)[O-]. The maximum absolute atomic E-state index is 12.0. The van der Waals surface area contributed by atoms with E-state index in [9.17, 15) is 28.1 Å². The van der Waals surface area contributed by atoms with Crippen LogP contribution in [0.1, 0.15) is 22.3 Å². The van der Waals surface area contributed by atoms with Gasteiger partial charge >= 0.3 is 12.1 Å². The minimum atomic E-state index is -4.36. The quantitative estimate of drug-likeness (QED) is 0.643. The molecule has 1 aromatic rings. The van der Waals surface area contributed by atoms with Crippen LogP contribution in [0, 0.1) is 17.0 Å². The summed E-state index contributed by atoms with van der Waals surface area (Å²) in [4.78, 5) is 20.8. The number of benzene rings is 1. The number of carboxylic acid groups (broad SMARTS) is 1. The molecule has 0 saturated carbocycles. The second-order valence-electron chi connectivity index (χ2n) is 4.02. The Kier molecular flexibility index (Phi) is 4.53. The molecule has 0 aliphatic rings. The zero-order valence-corrected chi connectivity index (χ0v) is 10.3. The second-order valence-corrected chi connectivity index (χ2v) is 4.02. The first kappa shape index (κ1) is 15.7. The zero-order valence-electron chi connectivity index (χ0n) is 10.3. The zero-order chi connectivity index (χ0) is 15.5. The third-order valence-corrected chi connectivity index (χ3v) is 2.55. The Labute approximate surface area is 111 Å². The highest BCUT2D eigenvalue weighted by molar-refractivity contribution is 5.90. The molecule has 9 heteroatoms. The maximum atomic E-state index is 12.0. The van der Waals surface area contributed by atoms with Gasteiger partial charge in [0.25, 0.3) is 5.69 Å². The summed E-state index contributed by atoms with van der Waals surface area (Å²) in [5.74, 6) is -1.40. The first-order valence-corrected chi connectivity index (χ1v) is 5.45. The van der Waals surface area contributed by atoms with Crippen LogP contribution in [0.5, 0.6) is 0 Å². The van der Waals surface area contributed by atoms with Crippen LogP contribution in [0.3, 0.4) is 0 Å². The molecular weight excluding hydrogens is 281 g/mol. The Morgan fingerprint density at radius 2 is 2.05 bits per heavy atom. The molecule has 1 rings (SSSR count). The van der Waals surface area contributed by atoms with Gasteiger partial charge in [-0.25, -0.2) is 4.79 Å². The standard InChI is InChI=1S/C11H11F3N2O4/c1-6-8(15-3-2-11(12,13)14)4-7(10(17)18)5-9(6)16(19)20/h4-5,15H,2-3H2,1H3,(H,17,18). The molecule has 0 saturated heterocycles. The van der Waals surface area contributed by atoms with E-state index in [0.717, 1.165) is 12.1 Å². The number of nitrogens with one attached hydrogen (secondary N) is 1. The van der Waals surface area contributed by atoms with E-state index in [4.69, 9.17) is 5.11 Å². The van der Waals surface area contributed by atoms with Gasteiger partial charge in [0.15, 0.2) is 0 Å². The number of halogens is 3. The fourth-order valence-electron chi connectivity index (χ4n) is 1.53. The van der Waals surface area contributed by atoms with E-state index >= 15 is 0 Å². The summed E-state index contributed by atoms with van der Waals surface area (Å²) in [6.45, 7) is 0.838.